The zero-order chi connectivity index (χ0) is 39.5. The number of hydrogen-bond acceptors (Lipinski definition) is 9. The molecule has 1 unspecified atom stereocenters. The third-order valence-electron chi connectivity index (χ3n) is 13.0. The predicted molar refractivity (Wildman–Crippen MR) is 224 cm³/mol. The van der Waals surface area contributed by atoms with Crippen LogP contribution in [0.5, 0.6) is 11.5 Å². The van der Waals surface area contributed by atoms with Crippen molar-refractivity contribution < 1.29 is 29.5 Å². The number of nitrogens with two attached hydrogens (primary N) is 1. The maximum absolute atomic E-state index is 11.4. The average molecular weight is 777 g/mol. The van der Waals surface area contributed by atoms with E-state index < -0.39 is 6.10 Å². The van der Waals surface area contributed by atoms with Crippen molar-refractivity contribution >= 4 is 16.6 Å². The number of benzene rings is 3. The van der Waals surface area contributed by atoms with Gasteiger partial charge in [0, 0.05) is 47.3 Å². The Hall–Kier alpha value is -4.16. The quantitative estimate of drug-likeness (QED) is 0.110. The Balaban J connectivity index is 1.30. The standard InChI is InChI=1S/C47H60N4O6/c1-3-4-5-9-40-22-39(53)14-12-31-21-44(43(54)20-34(31)26-52)57-27-35-19-38(47-15-16-55-29-37(47)13-11-30-8-6-7-10-42(30)47)18-33-24-51(25-41(33)35)46-36(28-56-40)17-32(23-49-2)45(48)50-46/h6-8,10,17-21,24-25,37,39-40,45,49-50,52-54H,3-5,9,11-16,22-23,26-29,48H2,1-2H3/t37-,39-,40+,45?,47-/m1/s1. The van der Waals surface area contributed by atoms with Crippen LogP contribution in [0.2, 0.25) is 0 Å². The van der Waals surface area contributed by atoms with Crippen molar-refractivity contribution in [3.05, 3.63) is 112 Å². The summed E-state index contributed by atoms with van der Waals surface area (Å²) in [6, 6.07) is 17.1. The Morgan fingerprint density at radius 3 is 2.72 bits per heavy atom. The first kappa shape index (κ1) is 39.7. The van der Waals surface area contributed by atoms with Crippen LogP contribution in [0.15, 0.2) is 78.1 Å². The number of aryl methyl sites for hydroxylation is 2. The van der Waals surface area contributed by atoms with Crippen molar-refractivity contribution in [2.75, 3.05) is 33.4 Å². The number of dihydropyridines is 1. The normalized spacial score (nSPS) is 25.4. The van der Waals surface area contributed by atoms with Crippen LogP contribution < -0.4 is 21.1 Å². The van der Waals surface area contributed by atoms with Gasteiger partial charge in [0.05, 0.1) is 38.2 Å². The van der Waals surface area contributed by atoms with Gasteiger partial charge in [-0.1, -0.05) is 56.5 Å². The molecule has 3 aliphatic heterocycles. The number of aliphatic hydroxyl groups is 2. The lowest BCUT2D eigenvalue weighted by Gasteiger charge is -2.49. The summed E-state index contributed by atoms with van der Waals surface area (Å²) in [4.78, 5) is 0. The maximum Gasteiger partial charge on any atom is 0.161 e. The number of fused-ring (bicyclic) bond motifs is 7. The highest BCUT2D eigenvalue weighted by Gasteiger charge is 2.47. The van der Waals surface area contributed by atoms with E-state index in [-0.39, 0.29) is 36.6 Å². The summed E-state index contributed by atoms with van der Waals surface area (Å²) in [6.45, 7) is 4.61. The second-order valence-electron chi connectivity index (χ2n) is 16.6. The van der Waals surface area contributed by atoms with Gasteiger partial charge < -0.3 is 50.5 Å². The van der Waals surface area contributed by atoms with Gasteiger partial charge in [-0.15, -0.1) is 0 Å². The number of hydrogen-bond donors (Lipinski definition) is 6. The molecule has 4 bridgehead atoms. The summed E-state index contributed by atoms with van der Waals surface area (Å²) in [5.41, 5.74) is 15.1. The predicted octanol–water partition coefficient (Wildman–Crippen LogP) is 6.55. The number of aliphatic hydroxyl groups excluding tert-OH is 2. The van der Waals surface area contributed by atoms with Crippen molar-refractivity contribution in [3.63, 3.8) is 0 Å². The fraction of sp³-hybridized carbons (Fsp3) is 0.489. The van der Waals surface area contributed by atoms with Gasteiger partial charge >= 0.3 is 0 Å². The molecule has 7 N–H and O–H groups in total. The Morgan fingerprint density at radius 2 is 1.88 bits per heavy atom. The van der Waals surface area contributed by atoms with E-state index in [0.717, 1.165) is 90.4 Å². The lowest BCUT2D eigenvalue weighted by molar-refractivity contribution is 0.00498. The zero-order valence-electron chi connectivity index (χ0n) is 33.6. The molecule has 5 atom stereocenters. The van der Waals surface area contributed by atoms with E-state index in [1.807, 2.05) is 13.1 Å². The Kier molecular flexibility index (Phi) is 12.1. The number of phenolic OH excluding ortho intramolecular Hbond substituents is 1. The molecule has 304 valence electrons. The minimum atomic E-state index is -0.608. The molecule has 10 heteroatoms. The van der Waals surface area contributed by atoms with Crippen molar-refractivity contribution in [2.45, 2.75) is 108 Å². The number of likely N-dealkylation sites (N-methyl/N-ethyl adjacent to an activating group) is 1. The van der Waals surface area contributed by atoms with Crippen LogP contribution in [-0.2, 0) is 40.9 Å². The fourth-order valence-electron chi connectivity index (χ4n) is 9.94. The molecule has 8 rings (SSSR count). The van der Waals surface area contributed by atoms with Crippen LogP contribution in [-0.4, -0.2) is 71.7 Å². The Bertz CT molecular complexity index is 2120. The number of rotatable bonds is 8. The van der Waals surface area contributed by atoms with Crippen LogP contribution >= 0.6 is 0 Å². The van der Waals surface area contributed by atoms with E-state index in [4.69, 9.17) is 19.9 Å². The summed E-state index contributed by atoms with van der Waals surface area (Å²) in [5, 5.41) is 41.9. The molecule has 4 heterocycles. The van der Waals surface area contributed by atoms with E-state index in [2.05, 4.69) is 77.0 Å². The molecule has 0 saturated carbocycles. The van der Waals surface area contributed by atoms with Gasteiger partial charge in [0.15, 0.2) is 11.5 Å². The molecule has 4 aliphatic rings. The average Bonchev–Trinajstić information content (AvgIpc) is 3.66. The highest BCUT2D eigenvalue weighted by Crippen LogP contribution is 2.52. The van der Waals surface area contributed by atoms with E-state index in [1.54, 1.807) is 6.07 Å². The summed E-state index contributed by atoms with van der Waals surface area (Å²) >= 11 is 0. The van der Waals surface area contributed by atoms with E-state index in [9.17, 15) is 15.3 Å². The van der Waals surface area contributed by atoms with Crippen LogP contribution in [0.4, 0.5) is 0 Å². The van der Waals surface area contributed by atoms with Crippen molar-refractivity contribution in [2.24, 2.45) is 11.7 Å². The summed E-state index contributed by atoms with van der Waals surface area (Å²) in [5.74, 6) is 1.54. The molecule has 1 fully saturated rings. The molecule has 4 aromatic rings. The van der Waals surface area contributed by atoms with Crippen LogP contribution in [0.1, 0.15) is 91.7 Å². The fourth-order valence-corrected chi connectivity index (χ4v) is 9.94. The van der Waals surface area contributed by atoms with Crippen molar-refractivity contribution in [1.82, 2.24) is 15.2 Å². The van der Waals surface area contributed by atoms with Gasteiger partial charge in [0.1, 0.15) is 12.4 Å². The molecule has 1 aromatic heterocycles. The van der Waals surface area contributed by atoms with E-state index in [0.29, 0.717) is 56.3 Å². The summed E-state index contributed by atoms with van der Waals surface area (Å²) in [7, 11) is 1.93. The minimum absolute atomic E-state index is 0.0178. The third kappa shape index (κ3) is 8.00. The monoisotopic (exact) mass is 776 g/mol. The highest BCUT2D eigenvalue weighted by molar-refractivity contribution is 5.88. The van der Waals surface area contributed by atoms with E-state index in [1.165, 1.54) is 16.7 Å². The molecular weight excluding hydrogens is 717 g/mol. The topological polar surface area (TPSA) is 143 Å². The van der Waals surface area contributed by atoms with Gasteiger partial charge in [0.2, 0.25) is 0 Å². The molecule has 1 aliphatic carbocycles. The summed E-state index contributed by atoms with van der Waals surface area (Å²) in [6.07, 6.45) is 13.9. The van der Waals surface area contributed by atoms with Crippen LogP contribution in [0.3, 0.4) is 0 Å². The van der Waals surface area contributed by atoms with Gasteiger partial charge in [0.25, 0.3) is 0 Å². The molecular formula is C47H60N4O6. The number of nitrogens with zero attached hydrogens (tertiary/aromatic N) is 1. The number of nitrogens with one attached hydrogen (secondary N) is 2. The molecule has 10 nitrogen and oxygen atoms in total. The van der Waals surface area contributed by atoms with Crippen LogP contribution in [0, 0.1) is 5.92 Å². The smallest absolute Gasteiger partial charge is 0.161 e. The molecule has 3 aromatic carbocycles. The van der Waals surface area contributed by atoms with Gasteiger partial charge in [-0.25, -0.2) is 0 Å². The van der Waals surface area contributed by atoms with E-state index >= 15 is 0 Å². The van der Waals surface area contributed by atoms with Crippen molar-refractivity contribution in [3.8, 4) is 11.5 Å². The second-order valence-corrected chi connectivity index (χ2v) is 16.6. The summed E-state index contributed by atoms with van der Waals surface area (Å²) < 4.78 is 21.6. The number of aromatic hydroxyl groups is 1. The first-order chi connectivity index (χ1) is 27.8. The first-order valence-electron chi connectivity index (χ1n) is 21.1. The minimum Gasteiger partial charge on any atom is -0.504 e. The highest BCUT2D eigenvalue weighted by atomic mass is 16.5. The van der Waals surface area contributed by atoms with Gasteiger partial charge in [-0.2, -0.15) is 0 Å². The number of unbranched alkanes of at least 4 members (excludes halogenated alkanes) is 2. The lowest BCUT2D eigenvalue weighted by Crippen LogP contribution is -2.47. The SMILES string of the molecule is CCCCC[C@H]1C[C@H](O)CCc2cc(c(O)cc2CO)OCc2cc([C@@]34CCOC[C@H]3CCc3ccccc34)cc3cn(cc23)C2=C(C=C(CNC)C(N)N2)CO1. The zero-order valence-corrected chi connectivity index (χ0v) is 33.6. The number of ether oxygens (including phenoxy) is 3. The molecule has 0 radical (unpaired) electrons. The van der Waals surface area contributed by atoms with Crippen LogP contribution in [0.25, 0.3) is 16.6 Å². The Labute approximate surface area is 336 Å². The molecule has 1 saturated heterocycles. The number of phenols is 1. The lowest BCUT2D eigenvalue weighted by atomic mass is 9.57. The Morgan fingerprint density at radius 1 is 1.02 bits per heavy atom. The number of aromatic nitrogens is 1. The molecule has 0 spiro atoms. The maximum atomic E-state index is 11.4. The largest absolute Gasteiger partial charge is 0.504 e. The molecule has 57 heavy (non-hydrogen) atoms. The van der Waals surface area contributed by atoms with Crippen molar-refractivity contribution in [1.29, 1.82) is 0 Å². The third-order valence-corrected chi connectivity index (χ3v) is 13.0. The second kappa shape index (κ2) is 17.4. The molecule has 0 amide bonds. The van der Waals surface area contributed by atoms with Gasteiger partial charge in [-0.3, -0.25) is 0 Å². The first-order valence-corrected chi connectivity index (χ1v) is 21.1. The van der Waals surface area contributed by atoms with Gasteiger partial charge in [-0.05, 0) is 121 Å².